The molecule has 3 nitrogen and oxygen atoms in total. The predicted molar refractivity (Wildman–Crippen MR) is 102 cm³/mol. The van der Waals surface area contributed by atoms with Crippen LogP contribution < -0.4 is 10.1 Å². The van der Waals surface area contributed by atoms with Crippen LogP contribution in [-0.4, -0.2) is 29.9 Å². The number of hydrogen-bond donors (Lipinski definition) is 2. The van der Waals surface area contributed by atoms with Gasteiger partial charge in [-0.15, -0.1) is 12.4 Å². The molecule has 0 spiro atoms. The van der Waals surface area contributed by atoms with Crippen LogP contribution in [0, 0.1) is 0 Å². The molecule has 0 heterocycles. The number of β-amino-alcohol motifs (C(OH)–C–C–N with tert-alkyl or cyclic N) is 1. The summed E-state index contributed by atoms with van der Waals surface area (Å²) in [6, 6.07) is 17.4. The Morgan fingerprint density at radius 3 is 2.33 bits per heavy atom. The topological polar surface area (TPSA) is 41.5 Å². The van der Waals surface area contributed by atoms with E-state index in [1.807, 2.05) is 54.6 Å². The van der Waals surface area contributed by atoms with E-state index < -0.39 is 6.10 Å². The van der Waals surface area contributed by atoms with Gasteiger partial charge in [-0.1, -0.05) is 41.9 Å². The average molecular weight is 370 g/mol. The van der Waals surface area contributed by atoms with E-state index in [0.717, 1.165) is 17.2 Å². The van der Waals surface area contributed by atoms with E-state index in [0.29, 0.717) is 6.54 Å². The first-order valence-electron chi connectivity index (χ1n) is 7.80. The molecule has 1 unspecified atom stereocenters. The largest absolute Gasteiger partial charge is 0.491 e. The highest BCUT2D eigenvalue weighted by atomic mass is 35.5. The Balaban J connectivity index is 0.00000288. The van der Waals surface area contributed by atoms with Crippen LogP contribution in [0.5, 0.6) is 5.75 Å². The number of aliphatic hydroxyl groups excluding tert-OH is 1. The third-order valence-corrected chi connectivity index (χ3v) is 3.81. The molecule has 0 bridgehead atoms. The summed E-state index contributed by atoms with van der Waals surface area (Å²) in [7, 11) is 0. The second kappa shape index (κ2) is 9.90. The number of hydrogen-bond acceptors (Lipinski definition) is 3. The fourth-order valence-corrected chi connectivity index (χ4v) is 2.46. The van der Waals surface area contributed by atoms with Crippen molar-refractivity contribution in [2.24, 2.45) is 0 Å². The van der Waals surface area contributed by atoms with Crippen LogP contribution in [0.25, 0.3) is 0 Å². The van der Waals surface area contributed by atoms with Crippen molar-refractivity contribution in [3.63, 3.8) is 0 Å². The molecule has 2 aromatic rings. The van der Waals surface area contributed by atoms with E-state index in [-0.39, 0.29) is 24.6 Å². The first-order valence-corrected chi connectivity index (χ1v) is 8.18. The van der Waals surface area contributed by atoms with Crippen molar-refractivity contribution >= 4 is 24.0 Å². The summed E-state index contributed by atoms with van der Waals surface area (Å²) >= 11 is 5.91. The number of ether oxygens (including phenoxy) is 1. The number of benzene rings is 2. The zero-order chi connectivity index (χ0) is 16.7. The monoisotopic (exact) mass is 369 g/mol. The highest BCUT2D eigenvalue weighted by molar-refractivity contribution is 6.30. The maximum absolute atomic E-state index is 10.1. The van der Waals surface area contributed by atoms with Gasteiger partial charge in [-0.05, 0) is 50.1 Å². The standard InChI is InChI=1S/C19H24ClNO2.ClH/c1-19(2,12-15-8-10-16(20)11-9-15)21-13-17(22)14-23-18-6-4-3-5-7-18;/h3-11,17,21-22H,12-14H2,1-2H3;1H. The van der Waals surface area contributed by atoms with Crippen LogP contribution in [0.4, 0.5) is 0 Å². The maximum Gasteiger partial charge on any atom is 0.119 e. The lowest BCUT2D eigenvalue weighted by Gasteiger charge is -2.28. The van der Waals surface area contributed by atoms with Crippen LogP contribution in [0.3, 0.4) is 0 Å². The van der Waals surface area contributed by atoms with Crippen molar-refractivity contribution in [3.05, 3.63) is 65.2 Å². The van der Waals surface area contributed by atoms with Gasteiger partial charge in [0.15, 0.2) is 0 Å². The SMILES string of the molecule is CC(C)(Cc1ccc(Cl)cc1)NCC(O)COc1ccccc1.Cl. The molecule has 0 saturated carbocycles. The van der Waals surface area contributed by atoms with Gasteiger partial charge < -0.3 is 15.2 Å². The molecule has 0 radical (unpaired) electrons. The summed E-state index contributed by atoms with van der Waals surface area (Å²) in [5.41, 5.74) is 1.09. The number of aliphatic hydroxyl groups is 1. The third-order valence-electron chi connectivity index (χ3n) is 3.56. The van der Waals surface area contributed by atoms with Crippen molar-refractivity contribution in [1.82, 2.24) is 5.32 Å². The second-order valence-electron chi connectivity index (χ2n) is 6.35. The molecule has 0 aromatic heterocycles. The van der Waals surface area contributed by atoms with Gasteiger partial charge in [-0.3, -0.25) is 0 Å². The van der Waals surface area contributed by atoms with Crippen LogP contribution >= 0.6 is 24.0 Å². The van der Waals surface area contributed by atoms with E-state index >= 15 is 0 Å². The van der Waals surface area contributed by atoms with Gasteiger partial charge in [0.25, 0.3) is 0 Å². The molecule has 0 amide bonds. The number of nitrogens with one attached hydrogen (secondary N) is 1. The predicted octanol–water partition coefficient (Wildman–Crippen LogP) is 4.11. The molecule has 2 rings (SSSR count). The van der Waals surface area contributed by atoms with Gasteiger partial charge in [-0.2, -0.15) is 0 Å². The maximum atomic E-state index is 10.1. The Bertz CT molecular complexity index is 588. The zero-order valence-electron chi connectivity index (χ0n) is 14.0. The molecule has 24 heavy (non-hydrogen) atoms. The van der Waals surface area contributed by atoms with Crippen LogP contribution in [0.2, 0.25) is 5.02 Å². The van der Waals surface area contributed by atoms with E-state index in [1.165, 1.54) is 5.56 Å². The quantitative estimate of drug-likeness (QED) is 0.735. The Labute approximate surface area is 155 Å². The minimum Gasteiger partial charge on any atom is -0.491 e. The van der Waals surface area contributed by atoms with Gasteiger partial charge in [0.1, 0.15) is 18.5 Å². The summed E-state index contributed by atoms with van der Waals surface area (Å²) in [6.45, 7) is 4.99. The minimum atomic E-state index is -0.556. The average Bonchev–Trinajstić information content (AvgIpc) is 2.54. The van der Waals surface area contributed by atoms with Gasteiger partial charge in [0, 0.05) is 17.1 Å². The summed E-state index contributed by atoms with van der Waals surface area (Å²) in [6.07, 6.45) is 0.302. The molecular weight excluding hydrogens is 345 g/mol. The lowest BCUT2D eigenvalue weighted by atomic mass is 9.95. The van der Waals surface area contributed by atoms with Crippen LogP contribution in [0.1, 0.15) is 19.4 Å². The van der Waals surface area contributed by atoms with Crippen molar-refractivity contribution in [2.45, 2.75) is 31.9 Å². The van der Waals surface area contributed by atoms with E-state index in [4.69, 9.17) is 16.3 Å². The first-order chi connectivity index (χ1) is 10.9. The molecule has 1 atom stereocenters. The highest BCUT2D eigenvalue weighted by Crippen LogP contribution is 2.16. The lowest BCUT2D eigenvalue weighted by Crippen LogP contribution is -2.46. The molecule has 5 heteroatoms. The van der Waals surface area contributed by atoms with Crippen molar-refractivity contribution in [3.8, 4) is 5.75 Å². The van der Waals surface area contributed by atoms with Crippen LogP contribution in [-0.2, 0) is 6.42 Å². The Morgan fingerprint density at radius 1 is 1.08 bits per heavy atom. The fourth-order valence-electron chi connectivity index (χ4n) is 2.34. The normalized spacial score (nSPS) is 12.3. The zero-order valence-corrected chi connectivity index (χ0v) is 15.6. The van der Waals surface area contributed by atoms with Gasteiger partial charge in [0.05, 0.1) is 0 Å². The van der Waals surface area contributed by atoms with Gasteiger partial charge in [0.2, 0.25) is 0 Å². The summed E-state index contributed by atoms with van der Waals surface area (Å²) in [4.78, 5) is 0. The fraction of sp³-hybridized carbons (Fsp3) is 0.368. The summed E-state index contributed by atoms with van der Waals surface area (Å²) < 4.78 is 5.56. The second-order valence-corrected chi connectivity index (χ2v) is 6.78. The van der Waals surface area contributed by atoms with E-state index in [2.05, 4.69) is 19.2 Å². The first kappa shape index (κ1) is 20.8. The smallest absolute Gasteiger partial charge is 0.119 e. The van der Waals surface area contributed by atoms with Crippen molar-refractivity contribution < 1.29 is 9.84 Å². The molecule has 0 aliphatic heterocycles. The van der Waals surface area contributed by atoms with Crippen molar-refractivity contribution in [1.29, 1.82) is 0 Å². The van der Waals surface area contributed by atoms with Gasteiger partial charge in [-0.25, -0.2) is 0 Å². The van der Waals surface area contributed by atoms with E-state index in [9.17, 15) is 5.11 Å². The van der Waals surface area contributed by atoms with Crippen LogP contribution in [0.15, 0.2) is 54.6 Å². The molecule has 0 aliphatic rings. The minimum absolute atomic E-state index is 0. The summed E-state index contributed by atoms with van der Waals surface area (Å²) in [5.74, 6) is 0.770. The lowest BCUT2D eigenvalue weighted by molar-refractivity contribution is 0.0988. The Morgan fingerprint density at radius 2 is 1.71 bits per heavy atom. The molecular formula is C19H25Cl2NO2. The Kier molecular flexibility index (Phi) is 8.57. The molecule has 132 valence electrons. The number of para-hydroxylation sites is 1. The van der Waals surface area contributed by atoms with Gasteiger partial charge >= 0.3 is 0 Å². The molecule has 0 aliphatic carbocycles. The Hall–Kier alpha value is -1.26. The molecule has 0 fully saturated rings. The molecule has 0 saturated heterocycles. The number of halogens is 2. The van der Waals surface area contributed by atoms with E-state index in [1.54, 1.807) is 0 Å². The molecule has 2 aromatic carbocycles. The summed E-state index contributed by atoms with van der Waals surface area (Å²) in [5, 5.41) is 14.2. The third kappa shape index (κ3) is 7.54. The number of rotatable bonds is 8. The molecule has 2 N–H and O–H groups in total. The van der Waals surface area contributed by atoms with Crippen molar-refractivity contribution in [2.75, 3.05) is 13.2 Å². The highest BCUT2D eigenvalue weighted by Gasteiger charge is 2.19.